The molecule has 652 valence electrons. The van der Waals surface area contributed by atoms with Crippen LogP contribution in [0.15, 0.2) is 207 Å². The minimum atomic E-state index is -1.15. The molecule has 126 heavy (non-hydrogen) atoms. The van der Waals surface area contributed by atoms with E-state index in [1.165, 1.54) is 75.0 Å². The lowest BCUT2D eigenvalue weighted by Crippen LogP contribution is -2.39. The number of fused-ring (bicyclic) bond motifs is 3. The Kier molecular flexibility index (Phi) is 24.3. The Morgan fingerprint density at radius 1 is 0.397 bits per heavy atom. The van der Waals surface area contributed by atoms with E-state index in [1.807, 2.05) is 36.4 Å². The number of pyridine rings is 3. The first-order valence-electron chi connectivity index (χ1n) is 43.2. The van der Waals surface area contributed by atoms with Crippen LogP contribution in [0.1, 0.15) is 232 Å². The normalized spacial score (nSPS) is 18.0. The molecule has 0 radical (unpaired) electrons. The highest BCUT2D eigenvalue weighted by molar-refractivity contribution is 5.79. The van der Waals surface area contributed by atoms with Crippen LogP contribution < -0.4 is 32.6 Å². The molecular weight excluding hydrogens is 1590 g/mol. The van der Waals surface area contributed by atoms with Crippen LogP contribution in [0.25, 0.3) is 50.6 Å². The average Bonchev–Trinajstić information content (AvgIpc) is 1.60. The molecule has 4 aliphatic rings. The first kappa shape index (κ1) is 86.4. The van der Waals surface area contributed by atoms with Crippen molar-refractivity contribution in [2.45, 2.75) is 223 Å². The van der Waals surface area contributed by atoms with E-state index in [4.69, 9.17) is 23.8 Å². The van der Waals surface area contributed by atoms with Gasteiger partial charge in [-0.25, -0.2) is 58.0 Å². The van der Waals surface area contributed by atoms with Gasteiger partial charge in [0, 0.05) is 64.9 Å². The number of hydrogen-bond donors (Lipinski definition) is 6. The average molecular weight is 1700 g/mol. The first-order chi connectivity index (χ1) is 60.3. The van der Waals surface area contributed by atoms with Gasteiger partial charge >= 0.3 is 0 Å². The van der Waals surface area contributed by atoms with Crippen LogP contribution in [0, 0.1) is 0 Å². The Morgan fingerprint density at radius 3 is 0.976 bits per heavy atom. The number of benzene rings is 3. The molecule has 0 amide bonds. The maximum atomic E-state index is 13.3. The summed E-state index contributed by atoms with van der Waals surface area (Å²) in [5, 5.41) is 59.7. The Labute approximate surface area is 729 Å². The fourth-order valence-corrected chi connectivity index (χ4v) is 16.6. The van der Waals surface area contributed by atoms with Gasteiger partial charge in [0.1, 0.15) is 33.0 Å². The van der Waals surface area contributed by atoms with Crippen LogP contribution in [0.3, 0.4) is 0 Å². The molecule has 0 atom stereocenters. The Morgan fingerprint density at radius 2 is 0.690 bits per heavy atom. The van der Waals surface area contributed by atoms with Crippen molar-refractivity contribution in [3.8, 4) is 17.5 Å². The van der Waals surface area contributed by atoms with Crippen LogP contribution in [0.2, 0.25) is 0 Å². The topological polar surface area (TPSA) is 375 Å². The van der Waals surface area contributed by atoms with E-state index in [2.05, 4.69) is 162 Å². The molecule has 3 aromatic carbocycles. The lowest BCUT2D eigenvalue weighted by Gasteiger charge is -2.40. The summed E-state index contributed by atoms with van der Waals surface area (Å²) in [4.78, 5) is 83.4. The largest absolute Gasteiger partial charge is 0.425 e. The van der Waals surface area contributed by atoms with Gasteiger partial charge in [0.25, 0.3) is 16.7 Å². The lowest BCUT2D eigenvalue weighted by atomic mass is 9.75. The molecule has 11 aromatic heterocycles. The maximum absolute atomic E-state index is 13.3. The molecule has 4 saturated carbocycles. The van der Waals surface area contributed by atoms with Crippen LogP contribution in [0.5, 0.6) is 0 Å². The minimum Gasteiger partial charge on any atom is -0.425 e. The SMILES string of the molecule is C=CCn1c(=O)c2cnc(Nc3ccc(C4CC(N(C)C)C4)cc3)nc2n1-c1cccc(C(C)(C)O)n1.C=CCn1c(=O)c2cnc(Nc3ccc(C4CCC(c5nnc(C(C)(C)C)o5)CC4)cc3)nc2n1-c1cccc(C(C)(C)O)n1.C=CCn1c(=O)c2cnc(Nc3ccc(C4CCC(c5nnc(C6CC6)o5)CC4)cc3)nc2n1-c1cccc(C(C)(C)O)n1. The van der Waals surface area contributed by atoms with Gasteiger partial charge in [-0.05, 0) is 240 Å². The summed E-state index contributed by atoms with van der Waals surface area (Å²) in [7, 11) is 4.27. The Balaban J connectivity index is 0.000000140. The summed E-state index contributed by atoms with van der Waals surface area (Å²) in [6, 6.07) is 41.8. The van der Waals surface area contributed by atoms with Gasteiger partial charge in [0.05, 0.1) is 36.7 Å². The number of nitrogens with one attached hydrogen (secondary N) is 3. The van der Waals surface area contributed by atoms with Gasteiger partial charge in [-0.3, -0.25) is 14.4 Å². The molecule has 18 rings (SSSR count). The van der Waals surface area contributed by atoms with Gasteiger partial charge in [0.15, 0.2) is 34.4 Å². The highest BCUT2D eigenvalue weighted by Crippen LogP contribution is 2.46. The van der Waals surface area contributed by atoms with Crippen molar-refractivity contribution >= 4 is 68.0 Å². The second-order valence-electron chi connectivity index (χ2n) is 36.1. The van der Waals surface area contributed by atoms with Crippen LogP contribution in [-0.4, -0.2) is 134 Å². The van der Waals surface area contributed by atoms with Gasteiger partial charge in [0.2, 0.25) is 41.4 Å². The second kappa shape index (κ2) is 35.5. The van der Waals surface area contributed by atoms with Crippen LogP contribution in [-0.2, 0) is 41.9 Å². The number of aromatic nitrogens is 19. The number of rotatable bonds is 25. The van der Waals surface area contributed by atoms with Crippen molar-refractivity contribution in [3.63, 3.8) is 0 Å². The lowest BCUT2D eigenvalue weighted by molar-refractivity contribution is 0.0733. The number of hydrogen-bond acceptors (Lipinski definition) is 25. The van der Waals surface area contributed by atoms with Crippen molar-refractivity contribution in [2.24, 2.45) is 0 Å². The van der Waals surface area contributed by atoms with E-state index in [0.717, 1.165) is 86.1 Å². The summed E-state index contributed by atoms with van der Waals surface area (Å²) in [6.07, 6.45) is 22.7. The summed E-state index contributed by atoms with van der Waals surface area (Å²) in [5.41, 5.74) is 4.87. The zero-order valence-electron chi connectivity index (χ0n) is 73.2. The zero-order valence-corrected chi connectivity index (χ0v) is 73.2. The molecular formula is C95H109N23O8. The van der Waals surface area contributed by atoms with Gasteiger partial charge in [-0.15, -0.1) is 40.1 Å². The third kappa shape index (κ3) is 18.7. The molecule has 0 spiro atoms. The van der Waals surface area contributed by atoms with E-state index in [0.29, 0.717) is 133 Å². The summed E-state index contributed by atoms with van der Waals surface area (Å²) < 4.78 is 21.5. The van der Waals surface area contributed by atoms with Crippen molar-refractivity contribution in [1.82, 2.24) is 98.2 Å². The molecule has 14 aromatic rings. The Bertz CT molecular complexity index is 6480. The standard InChI is InChI=1S/C34H40N8O3.C33H36N8O3.C28H33N7O2/c1-7-19-41-30(43)25-20-35-32(38-28(25)42(41)27-10-8-9-26(37-27)34(5,6)44)36-24-17-15-22(16-18-24)21-11-13-23(14-12-21)29-39-40-31(45-29)33(2,3)4;1-4-18-40-31(42)25-19-34-32(37-28(25)41(40)27-7-5-6-26(36-27)33(2,3)43)35-24-16-14-21(15-17-24)20-8-10-22(11-9-20)29-38-39-30(44-29)23-12-13-23;1-6-14-34-26(36)22-17-29-27(30-20-12-10-18(11-13-20)19-15-21(16-19)33(4)5)32-25(22)35(34)24-9-7-8-23(31-24)28(2,3)37/h7-10,15-18,20-21,23,44H,1,11-14,19H2,2-6H3,(H,35,36,38);4-7,14-17,19-20,22-23,43H,1,8-13,18H2,2-3H3,(H,34,35,37);6-13,17,19,21,37H,1,14-16H2,2-5H3,(H,29,30,32). The van der Waals surface area contributed by atoms with E-state index in [1.54, 1.807) is 128 Å². The molecule has 6 N–H and O–H groups in total. The fourth-order valence-electron chi connectivity index (χ4n) is 16.6. The molecule has 31 nitrogen and oxygen atoms in total. The van der Waals surface area contributed by atoms with Gasteiger partial charge in [-0.1, -0.05) is 93.6 Å². The summed E-state index contributed by atoms with van der Waals surface area (Å²) >= 11 is 0. The predicted octanol–water partition coefficient (Wildman–Crippen LogP) is 16.0. The Hall–Kier alpha value is -13.1. The molecule has 4 fully saturated rings. The van der Waals surface area contributed by atoms with E-state index in [9.17, 15) is 29.7 Å². The smallest absolute Gasteiger partial charge is 0.278 e. The third-order valence-corrected chi connectivity index (χ3v) is 24.0. The van der Waals surface area contributed by atoms with E-state index < -0.39 is 16.8 Å². The molecule has 0 aliphatic heterocycles. The quantitative estimate of drug-likeness (QED) is 0.0289. The van der Waals surface area contributed by atoms with Crippen molar-refractivity contribution in [2.75, 3.05) is 30.0 Å². The maximum Gasteiger partial charge on any atom is 0.278 e. The molecule has 4 aliphatic carbocycles. The molecule has 31 heteroatoms. The highest BCUT2D eigenvalue weighted by Gasteiger charge is 2.36. The van der Waals surface area contributed by atoms with Gasteiger partial charge < -0.3 is 45.0 Å². The summed E-state index contributed by atoms with van der Waals surface area (Å²) in [6.45, 7) is 28.5. The summed E-state index contributed by atoms with van der Waals surface area (Å²) in [5.74, 6) is 8.29. The fraction of sp³-hybridized carbons (Fsp3) is 0.389. The third-order valence-electron chi connectivity index (χ3n) is 24.0. The molecule has 11 heterocycles. The van der Waals surface area contributed by atoms with E-state index >= 15 is 0 Å². The molecule has 0 saturated heterocycles. The molecule has 0 bridgehead atoms. The van der Waals surface area contributed by atoms with Crippen LogP contribution in [0.4, 0.5) is 34.9 Å². The van der Waals surface area contributed by atoms with Crippen molar-refractivity contribution in [1.29, 1.82) is 0 Å². The highest BCUT2D eigenvalue weighted by atomic mass is 16.4. The van der Waals surface area contributed by atoms with Gasteiger partial charge in [-0.2, -0.15) is 15.0 Å². The van der Waals surface area contributed by atoms with Crippen molar-refractivity contribution in [3.05, 3.63) is 272 Å². The molecule has 0 unspecified atom stereocenters. The second-order valence-corrected chi connectivity index (χ2v) is 36.1. The number of anilines is 6. The predicted molar refractivity (Wildman–Crippen MR) is 485 cm³/mol. The monoisotopic (exact) mass is 1700 g/mol. The number of nitrogens with zero attached hydrogens (tertiary/aromatic N) is 20. The van der Waals surface area contributed by atoms with E-state index in [-0.39, 0.29) is 41.7 Å². The minimum absolute atomic E-state index is 0.146. The number of allylic oxidation sites excluding steroid dienone is 3. The first-order valence-corrected chi connectivity index (χ1v) is 43.2. The van der Waals surface area contributed by atoms with Crippen LogP contribution >= 0.6 is 0 Å². The zero-order chi connectivity index (χ0) is 88.7. The van der Waals surface area contributed by atoms with Crippen molar-refractivity contribution < 1.29 is 24.2 Å². The number of aliphatic hydroxyl groups is 3.